The van der Waals surface area contributed by atoms with E-state index in [1.54, 1.807) is 0 Å². The Morgan fingerprint density at radius 1 is 1.31 bits per heavy atom. The fraction of sp³-hybridized carbons (Fsp3) is 0.733. The quantitative estimate of drug-likeness (QED) is 0.608. The summed E-state index contributed by atoms with van der Waals surface area (Å²) in [7, 11) is 0. The summed E-state index contributed by atoms with van der Waals surface area (Å²) < 4.78 is 0. The van der Waals surface area contributed by atoms with Gasteiger partial charge in [0.15, 0.2) is 0 Å². The second-order valence-corrected chi connectivity index (χ2v) is 5.96. The fourth-order valence-electron chi connectivity index (χ4n) is 2.16. The molecule has 1 aliphatic rings. The Kier molecular flexibility index (Phi) is 4.79. The van der Waals surface area contributed by atoms with Crippen LogP contribution in [-0.2, 0) is 0 Å². The van der Waals surface area contributed by atoms with E-state index >= 15 is 0 Å². The maximum absolute atomic E-state index is 9.93. The van der Waals surface area contributed by atoms with Crippen LogP contribution in [0.5, 0.6) is 0 Å². The third kappa shape index (κ3) is 4.52. The number of rotatable bonds is 0. The Hall–Kier alpha value is -0.560. The van der Waals surface area contributed by atoms with Crippen LogP contribution < -0.4 is 0 Å². The lowest BCUT2D eigenvalue weighted by Crippen LogP contribution is -2.10. The molecular formula is C15H26O. The molecule has 0 aromatic carbocycles. The van der Waals surface area contributed by atoms with Crippen LogP contribution >= 0.6 is 0 Å². The van der Waals surface area contributed by atoms with E-state index in [1.807, 2.05) is 6.92 Å². The van der Waals surface area contributed by atoms with Crippen LogP contribution in [0.3, 0.4) is 0 Å². The molecule has 0 unspecified atom stereocenters. The van der Waals surface area contributed by atoms with E-state index in [1.165, 1.54) is 18.4 Å². The number of hydrogen-bond donors (Lipinski definition) is 1. The Morgan fingerprint density at radius 3 is 2.69 bits per heavy atom. The highest BCUT2D eigenvalue weighted by Gasteiger charge is 2.18. The van der Waals surface area contributed by atoms with Crippen LogP contribution in [0.2, 0.25) is 0 Å². The minimum Gasteiger partial charge on any atom is -0.389 e. The van der Waals surface area contributed by atoms with Gasteiger partial charge in [0.2, 0.25) is 0 Å². The predicted molar refractivity (Wildman–Crippen MR) is 70.4 cm³/mol. The van der Waals surface area contributed by atoms with Gasteiger partial charge in [-0.15, -0.1) is 0 Å². The summed E-state index contributed by atoms with van der Waals surface area (Å²) >= 11 is 0. The topological polar surface area (TPSA) is 20.2 Å². The molecule has 1 atom stereocenters. The van der Waals surface area contributed by atoms with Crippen molar-refractivity contribution in [3.05, 3.63) is 23.8 Å². The second-order valence-electron chi connectivity index (χ2n) is 5.96. The highest BCUT2D eigenvalue weighted by Crippen LogP contribution is 2.32. The molecule has 92 valence electrons. The third-order valence-corrected chi connectivity index (χ3v) is 3.74. The van der Waals surface area contributed by atoms with Crippen molar-refractivity contribution in [1.82, 2.24) is 0 Å². The standard InChI is InChI=1S/C15H26O/c1-12-7-8-14(16)13(2)6-5-10-15(3,4)11-9-12/h6,14,16H,1,5,7-11H2,2-4H3/b13-6-/t14-/m1/s1. The zero-order valence-electron chi connectivity index (χ0n) is 11.1. The molecule has 0 aromatic rings. The van der Waals surface area contributed by atoms with Crippen LogP contribution in [0.4, 0.5) is 0 Å². The van der Waals surface area contributed by atoms with E-state index in [0.29, 0.717) is 5.41 Å². The van der Waals surface area contributed by atoms with Crippen molar-refractivity contribution >= 4 is 0 Å². The van der Waals surface area contributed by atoms with E-state index in [4.69, 9.17) is 0 Å². The first-order valence-corrected chi connectivity index (χ1v) is 6.42. The first-order valence-electron chi connectivity index (χ1n) is 6.42. The molecule has 1 N–H and O–H groups in total. The van der Waals surface area contributed by atoms with Crippen LogP contribution in [0.1, 0.15) is 59.3 Å². The van der Waals surface area contributed by atoms with Gasteiger partial charge in [0.1, 0.15) is 0 Å². The van der Waals surface area contributed by atoms with Crippen molar-refractivity contribution in [2.24, 2.45) is 5.41 Å². The van der Waals surface area contributed by atoms with E-state index < -0.39 is 0 Å². The maximum Gasteiger partial charge on any atom is 0.0750 e. The average molecular weight is 222 g/mol. The van der Waals surface area contributed by atoms with Crippen molar-refractivity contribution in [3.63, 3.8) is 0 Å². The van der Waals surface area contributed by atoms with Gasteiger partial charge in [0.25, 0.3) is 0 Å². The number of hydrogen-bond acceptors (Lipinski definition) is 1. The van der Waals surface area contributed by atoms with Crippen molar-refractivity contribution in [3.8, 4) is 0 Å². The molecule has 0 saturated heterocycles. The Labute approximate surface area is 100 Å². The summed E-state index contributed by atoms with van der Waals surface area (Å²) in [6.07, 6.45) is 8.35. The lowest BCUT2D eigenvalue weighted by molar-refractivity contribution is 0.200. The van der Waals surface area contributed by atoms with Gasteiger partial charge in [-0.05, 0) is 56.4 Å². The lowest BCUT2D eigenvalue weighted by Gasteiger charge is -2.24. The molecule has 0 amide bonds. The van der Waals surface area contributed by atoms with Gasteiger partial charge in [0.05, 0.1) is 6.10 Å². The molecule has 0 heterocycles. The summed E-state index contributed by atoms with van der Waals surface area (Å²) in [5.74, 6) is 0. The molecule has 1 nitrogen and oxygen atoms in total. The SMILES string of the molecule is C=C1CC[C@@H](O)/C(C)=C\CCC(C)(C)CC1. The molecule has 1 heteroatoms. The van der Waals surface area contributed by atoms with Gasteiger partial charge in [0, 0.05) is 0 Å². The molecule has 0 aliphatic heterocycles. The summed E-state index contributed by atoms with van der Waals surface area (Å²) in [4.78, 5) is 0. The normalized spacial score (nSPS) is 31.4. The summed E-state index contributed by atoms with van der Waals surface area (Å²) in [5.41, 5.74) is 2.82. The third-order valence-electron chi connectivity index (χ3n) is 3.74. The molecule has 0 spiro atoms. The maximum atomic E-state index is 9.93. The van der Waals surface area contributed by atoms with Gasteiger partial charge in [-0.3, -0.25) is 0 Å². The number of aliphatic hydroxyl groups excluding tert-OH is 1. The second kappa shape index (κ2) is 5.67. The van der Waals surface area contributed by atoms with E-state index in [2.05, 4.69) is 26.5 Å². The van der Waals surface area contributed by atoms with Crippen LogP contribution in [0.15, 0.2) is 23.8 Å². The number of allylic oxidation sites excluding steroid dienone is 2. The fourth-order valence-corrected chi connectivity index (χ4v) is 2.16. The molecule has 0 aromatic heterocycles. The summed E-state index contributed by atoms with van der Waals surface area (Å²) in [6.45, 7) is 10.8. The van der Waals surface area contributed by atoms with Gasteiger partial charge < -0.3 is 5.11 Å². The molecule has 0 radical (unpaired) electrons. The largest absolute Gasteiger partial charge is 0.389 e. The highest BCUT2D eigenvalue weighted by atomic mass is 16.3. The molecule has 16 heavy (non-hydrogen) atoms. The molecule has 1 aliphatic carbocycles. The molecule has 0 bridgehead atoms. The highest BCUT2D eigenvalue weighted by molar-refractivity contribution is 5.07. The minimum atomic E-state index is -0.266. The van der Waals surface area contributed by atoms with Crippen LogP contribution in [-0.4, -0.2) is 11.2 Å². The van der Waals surface area contributed by atoms with Crippen molar-refractivity contribution < 1.29 is 5.11 Å². The molecule has 1 rings (SSSR count). The van der Waals surface area contributed by atoms with Crippen molar-refractivity contribution in [2.75, 3.05) is 0 Å². The molecular weight excluding hydrogens is 196 g/mol. The average Bonchev–Trinajstić information content (AvgIpc) is 2.23. The first kappa shape index (κ1) is 13.5. The zero-order valence-corrected chi connectivity index (χ0v) is 11.1. The van der Waals surface area contributed by atoms with Crippen molar-refractivity contribution in [1.29, 1.82) is 0 Å². The first-order chi connectivity index (χ1) is 7.41. The van der Waals surface area contributed by atoms with Crippen LogP contribution in [0.25, 0.3) is 0 Å². The van der Waals surface area contributed by atoms with E-state index in [-0.39, 0.29) is 6.10 Å². The minimum absolute atomic E-state index is 0.266. The monoisotopic (exact) mass is 222 g/mol. The Bertz CT molecular complexity index is 273. The summed E-state index contributed by atoms with van der Waals surface area (Å²) in [6, 6.07) is 0. The lowest BCUT2D eigenvalue weighted by atomic mass is 9.82. The van der Waals surface area contributed by atoms with E-state index in [0.717, 1.165) is 31.3 Å². The zero-order chi connectivity index (χ0) is 12.2. The van der Waals surface area contributed by atoms with Gasteiger partial charge in [-0.2, -0.15) is 0 Å². The van der Waals surface area contributed by atoms with Gasteiger partial charge in [-0.25, -0.2) is 0 Å². The molecule has 0 saturated carbocycles. The van der Waals surface area contributed by atoms with Gasteiger partial charge in [-0.1, -0.05) is 32.1 Å². The van der Waals surface area contributed by atoms with Crippen LogP contribution in [0, 0.1) is 5.41 Å². The Balaban J connectivity index is 2.69. The predicted octanol–water partition coefficient (Wildman–Crippen LogP) is 4.23. The van der Waals surface area contributed by atoms with Gasteiger partial charge >= 0.3 is 0 Å². The summed E-state index contributed by atoms with van der Waals surface area (Å²) in [5, 5.41) is 9.93. The smallest absolute Gasteiger partial charge is 0.0750 e. The Morgan fingerprint density at radius 2 is 2.00 bits per heavy atom. The molecule has 0 fully saturated rings. The van der Waals surface area contributed by atoms with E-state index in [9.17, 15) is 5.11 Å². The van der Waals surface area contributed by atoms with Crippen molar-refractivity contribution in [2.45, 2.75) is 65.4 Å². The number of aliphatic hydroxyl groups is 1.